The SMILES string of the molecule is CC(=O)n1c(O)c(N=NC(=S)NN)c2cc(F)ccc21. The number of hydrogen-bond acceptors (Lipinski definition) is 5. The summed E-state index contributed by atoms with van der Waals surface area (Å²) in [5.41, 5.74) is 2.34. The van der Waals surface area contributed by atoms with E-state index >= 15 is 0 Å². The average Bonchev–Trinajstić information content (AvgIpc) is 2.67. The maximum absolute atomic E-state index is 13.3. The maximum atomic E-state index is 13.3. The number of carbonyl (C=O) groups is 1. The standard InChI is InChI=1S/C11H10FN5O2S/c1-5(18)17-8-3-2-6(12)4-7(8)9(10(17)19)15-16-11(20)14-13/h2-4,19H,13H2,1H3,(H,14,20). The summed E-state index contributed by atoms with van der Waals surface area (Å²) in [5.74, 6) is 3.62. The molecule has 0 unspecified atom stereocenters. The number of hydrogen-bond donors (Lipinski definition) is 3. The smallest absolute Gasteiger partial charge is 0.230 e. The van der Waals surface area contributed by atoms with E-state index in [2.05, 4.69) is 27.9 Å². The van der Waals surface area contributed by atoms with Crippen LogP contribution in [0.3, 0.4) is 0 Å². The number of nitrogens with two attached hydrogens (primary N) is 1. The predicted molar refractivity (Wildman–Crippen MR) is 74.3 cm³/mol. The summed E-state index contributed by atoms with van der Waals surface area (Å²) in [5, 5.41) is 17.4. The monoisotopic (exact) mass is 295 g/mol. The van der Waals surface area contributed by atoms with E-state index in [4.69, 9.17) is 5.84 Å². The minimum Gasteiger partial charge on any atom is -0.493 e. The van der Waals surface area contributed by atoms with E-state index in [9.17, 15) is 14.3 Å². The number of aromatic nitrogens is 1. The third kappa shape index (κ3) is 2.36. The lowest BCUT2D eigenvalue weighted by Gasteiger charge is -1.99. The second-order valence-corrected chi connectivity index (χ2v) is 4.22. The first-order valence-corrected chi connectivity index (χ1v) is 5.82. The van der Waals surface area contributed by atoms with Crippen molar-refractivity contribution in [1.29, 1.82) is 0 Å². The maximum Gasteiger partial charge on any atom is 0.230 e. The van der Waals surface area contributed by atoms with Gasteiger partial charge in [-0.3, -0.25) is 10.2 Å². The van der Waals surface area contributed by atoms with Crippen LogP contribution in [0.4, 0.5) is 10.1 Å². The Kier molecular flexibility index (Phi) is 3.72. The molecule has 0 atom stereocenters. The van der Waals surface area contributed by atoms with Crippen LogP contribution in [-0.2, 0) is 0 Å². The van der Waals surface area contributed by atoms with Crippen molar-refractivity contribution >= 4 is 39.8 Å². The third-order valence-corrected chi connectivity index (χ3v) is 2.76. The van der Waals surface area contributed by atoms with Gasteiger partial charge in [0.05, 0.1) is 5.52 Å². The summed E-state index contributed by atoms with van der Waals surface area (Å²) in [6, 6.07) is 3.68. The lowest BCUT2D eigenvalue weighted by Crippen LogP contribution is -2.26. The Labute approximate surface area is 117 Å². The lowest BCUT2D eigenvalue weighted by molar-refractivity contribution is 0.0933. The van der Waals surface area contributed by atoms with Crippen LogP contribution in [0.25, 0.3) is 10.9 Å². The Morgan fingerprint density at radius 1 is 1.55 bits per heavy atom. The van der Waals surface area contributed by atoms with E-state index in [-0.39, 0.29) is 16.2 Å². The molecule has 1 aromatic heterocycles. The van der Waals surface area contributed by atoms with Gasteiger partial charge in [0.2, 0.25) is 16.9 Å². The van der Waals surface area contributed by atoms with Gasteiger partial charge in [0.15, 0.2) is 5.69 Å². The van der Waals surface area contributed by atoms with E-state index in [1.165, 1.54) is 19.1 Å². The fourth-order valence-electron chi connectivity index (χ4n) is 1.77. The predicted octanol–water partition coefficient (Wildman–Crippen LogP) is 1.98. The summed E-state index contributed by atoms with van der Waals surface area (Å²) < 4.78 is 14.3. The summed E-state index contributed by atoms with van der Waals surface area (Å²) in [7, 11) is 0. The van der Waals surface area contributed by atoms with Crippen LogP contribution in [0.15, 0.2) is 28.4 Å². The molecule has 0 saturated heterocycles. The van der Waals surface area contributed by atoms with Gasteiger partial charge in [0.1, 0.15) is 5.82 Å². The Bertz CT molecular complexity index is 740. The molecule has 20 heavy (non-hydrogen) atoms. The molecule has 2 rings (SSSR count). The first kappa shape index (κ1) is 14.0. The average molecular weight is 295 g/mol. The second-order valence-electron chi connectivity index (χ2n) is 3.84. The van der Waals surface area contributed by atoms with E-state index < -0.39 is 17.6 Å². The Balaban J connectivity index is 2.72. The van der Waals surface area contributed by atoms with Gasteiger partial charge >= 0.3 is 0 Å². The Morgan fingerprint density at radius 2 is 2.25 bits per heavy atom. The fraction of sp³-hybridized carbons (Fsp3) is 0.0909. The molecule has 1 aromatic carbocycles. The van der Waals surface area contributed by atoms with Gasteiger partial charge in [-0.15, -0.1) is 10.2 Å². The lowest BCUT2D eigenvalue weighted by atomic mass is 10.2. The molecule has 0 aliphatic carbocycles. The molecule has 1 heterocycles. The van der Waals surface area contributed by atoms with Gasteiger partial charge in [-0.1, -0.05) is 0 Å². The zero-order chi connectivity index (χ0) is 14.9. The number of aromatic hydroxyl groups is 1. The van der Waals surface area contributed by atoms with Crippen LogP contribution in [0, 0.1) is 5.82 Å². The van der Waals surface area contributed by atoms with Crippen LogP contribution < -0.4 is 11.3 Å². The van der Waals surface area contributed by atoms with Gasteiger partial charge < -0.3 is 5.11 Å². The Hall–Kier alpha value is -2.39. The highest BCUT2D eigenvalue weighted by molar-refractivity contribution is 7.80. The Morgan fingerprint density at radius 3 is 2.85 bits per heavy atom. The summed E-state index contributed by atoms with van der Waals surface area (Å²) >= 11 is 4.68. The van der Waals surface area contributed by atoms with E-state index in [1.807, 2.05) is 0 Å². The number of carbonyl (C=O) groups excluding carboxylic acids is 1. The molecule has 0 fully saturated rings. The van der Waals surface area contributed by atoms with Crippen molar-refractivity contribution in [2.24, 2.45) is 16.1 Å². The molecule has 0 amide bonds. The zero-order valence-corrected chi connectivity index (χ0v) is 11.1. The summed E-state index contributed by atoms with van der Waals surface area (Å²) in [4.78, 5) is 11.6. The minimum atomic E-state index is -0.533. The molecule has 4 N–H and O–H groups in total. The highest BCUT2D eigenvalue weighted by atomic mass is 32.1. The van der Waals surface area contributed by atoms with Crippen LogP contribution in [0.1, 0.15) is 11.7 Å². The van der Waals surface area contributed by atoms with Gasteiger partial charge in [0, 0.05) is 12.3 Å². The number of halogens is 1. The molecule has 0 radical (unpaired) electrons. The summed E-state index contributed by atoms with van der Waals surface area (Å²) in [6.45, 7) is 1.26. The number of hydrazine groups is 1. The third-order valence-electron chi connectivity index (χ3n) is 2.56. The first-order chi connectivity index (χ1) is 9.45. The van der Waals surface area contributed by atoms with E-state index in [1.54, 1.807) is 0 Å². The topological polar surface area (TPSA) is 105 Å². The van der Waals surface area contributed by atoms with Crippen LogP contribution >= 0.6 is 12.2 Å². The van der Waals surface area contributed by atoms with Gasteiger partial charge in [-0.2, -0.15) is 0 Å². The molecule has 0 saturated carbocycles. The number of benzene rings is 1. The van der Waals surface area contributed by atoms with Crippen molar-refractivity contribution in [3.8, 4) is 5.88 Å². The highest BCUT2D eigenvalue weighted by Gasteiger charge is 2.19. The van der Waals surface area contributed by atoms with Crippen LogP contribution in [-0.4, -0.2) is 20.7 Å². The van der Waals surface area contributed by atoms with Crippen molar-refractivity contribution in [2.45, 2.75) is 6.92 Å². The largest absolute Gasteiger partial charge is 0.493 e. The van der Waals surface area contributed by atoms with Crippen molar-refractivity contribution in [3.05, 3.63) is 24.0 Å². The molecule has 2 aromatic rings. The zero-order valence-electron chi connectivity index (χ0n) is 10.3. The molecule has 0 bridgehead atoms. The number of azo groups is 1. The van der Waals surface area contributed by atoms with E-state index in [0.717, 1.165) is 10.6 Å². The quantitative estimate of drug-likeness (QED) is 0.323. The molecule has 104 valence electrons. The van der Waals surface area contributed by atoms with Crippen molar-refractivity contribution in [2.75, 3.05) is 0 Å². The first-order valence-electron chi connectivity index (χ1n) is 5.42. The molecule has 7 nitrogen and oxygen atoms in total. The molecule has 0 spiro atoms. The van der Waals surface area contributed by atoms with Gasteiger partial charge in [0.25, 0.3) is 0 Å². The molecular formula is C11H10FN5O2S. The van der Waals surface area contributed by atoms with Crippen LogP contribution in [0.5, 0.6) is 5.88 Å². The van der Waals surface area contributed by atoms with Crippen molar-refractivity contribution in [1.82, 2.24) is 9.99 Å². The number of nitrogens with one attached hydrogen (secondary N) is 1. The summed E-state index contributed by atoms with van der Waals surface area (Å²) in [6.07, 6.45) is 0. The normalized spacial score (nSPS) is 11.2. The number of rotatable bonds is 1. The van der Waals surface area contributed by atoms with Crippen molar-refractivity contribution < 1.29 is 14.3 Å². The number of nitrogens with zero attached hydrogens (tertiary/aromatic N) is 3. The molecule has 0 aliphatic heterocycles. The number of fused-ring (bicyclic) bond motifs is 1. The van der Waals surface area contributed by atoms with Gasteiger partial charge in [-0.05, 0) is 30.4 Å². The van der Waals surface area contributed by atoms with Crippen LogP contribution in [0.2, 0.25) is 0 Å². The van der Waals surface area contributed by atoms with Crippen molar-refractivity contribution in [3.63, 3.8) is 0 Å². The molecule has 0 aliphatic rings. The fourth-order valence-corrected chi connectivity index (χ4v) is 1.82. The molecule has 9 heteroatoms. The van der Waals surface area contributed by atoms with E-state index in [0.29, 0.717) is 5.52 Å². The highest BCUT2D eigenvalue weighted by Crippen LogP contribution is 2.39. The van der Waals surface area contributed by atoms with Gasteiger partial charge in [-0.25, -0.2) is 14.8 Å². The number of thiocarbonyl (C=S) groups is 1. The second kappa shape index (κ2) is 5.31. The minimum absolute atomic E-state index is 0.0627. The molecular weight excluding hydrogens is 285 g/mol.